The highest BCUT2D eigenvalue weighted by Crippen LogP contribution is 2.18. The molecule has 0 saturated carbocycles. The zero-order valence-electron chi connectivity index (χ0n) is 12.4. The van der Waals surface area contributed by atoms with Gasteiger partial charge in [0.25, 0.3) is 0 Å². The van der Waals surface area contributed by atoms with Crippen LogP contribution in [0.2, 0.25) is 0 Å². The quantitative estimate of drug-likeness (QED) is 0.802. The Hall–Kier alpha value is -2.76. The minimum atomic E-state index is -1.05. The molecule has 0 amide bonds. The van der Waals surface area contributed by atoms with E-state index in [9.17, 15) is 18.7 Å². The minimum Gasteiger partial charge on any atom is -0.477 e. The maximum absolute atomic E-state index is 13.5. The van der Waals surface area contributed by atoms with Gasteiger partial charge in [0.05, 0.1) is 0 Å². The number of carboxylic acid groups (broad SMARTS) is 1. The van der Waals surface area contributed by atoms with E-state index in [1.807, 2.05) is 0 Å². The summed E-state index contributed by atoms with van der Waals surface area (Å²) >= 11 is 0. The molecule has 3 rings (SSSR count). The number of pyridine rings is 1. The number of fused-ring (bicyclic) bond motifs is 1. The molecule has 1 N–H and O–H groups in total. The number of imidazole rings is 1. The maximum atomic E-state index is 13.5. The van der Waals surface area contributed by atoms with Gasteiger partial charge in [-0.15, -0.1) is 0 Å². The average Bonchev–Trinajstić information content (AvgIpc) is 2.97. The summed E-state index contributed by atoms with van der Waals surface area (Å²) in [6.45, 7) is 1.50. The summed E-state index contributed by atoms with van der Waals surface area (Å²) < 4.78 is 28.3. The molecule has 0 spiro atoms. The van der Waals surface area contributed by atoms with E-state index in [4.69, 9.17) is 0 Å². The smallest absolute Gasteiger partial charge is 0.353 e. The van der Waals surface area contributed by atoms with Crippen LogP contribution in [-0.4, -0.2) is 20.5 Å². The molecule has 0 radical (unpaired) electrons. The van der Waals surface area contributed by atoms with Crippen LogP contribution in [0.5, 0.6) is 0 Å². The standard InChI is InChI=1S/C17H14F2N2O2/c1-10-8-11(9-13(18)15(10)19)2-3-12-4-5-14-20-6-7-21(14)16(12)17(22)23/h4-9H,2-3H2,1H3,(H,22,23). The number of hydrogen-bond donors (Lipinski definition) is 1. The van der Waals surface area contributed by atoms with Gasteiger partial charge in [0.1, 0.15) is 11.3 Å². The highest BCUT2D eigenvalue weighted by molar-refractivity contribution is 5.88. The fraction of sp³-hybridized carbons (Fsp3) is 0.176. The number of nitrogens with zero attached hydrogens (tertiary/aromatic N) is 2. The molecule has 118 valence electrons. The number of aromatic nitrogens is 2. The van der Waals surface area contributed by atoms with E-state index in [1.165, 1.54) is 17.5 Å². The fourth-order valence-corrected chi connectivity index (χ4v) is 2.70. The van der Waals surface area contributed by atoms with Gasteiger partial charge in [-0.2, -0.15) is 0 Å². The molecule has 1 aromatic carbocycles. The second-order valence-electron chi connectivity index (χ2n) is 5.38. The summed E-state index contributed by atoms with van der Waals surface area (Å²) in [5, 5.41) is 9.45. The monoisotopic (exact) mass is 316 g/mol. The lowest BCUT2D eigenvalue weighted by Gasteiger charge is -2.10. The zero-order chi connectivity index (χ0) is 16.6. The molecule has 0 unspecified atom stereocenters. The van der Waals surface area contributed by atoms with Crippen LogP contribution >= 0.6 is 0 Å². The molecule has 0 fully saturated rings. The zero-order valence-corrected chi connectivity index (χ0v) is 12.4. The lowest BCUT2D eigenvalue weighted by atomic mass is 10.0. The molecule has 0 aliphatic heterocycles. The van der Waals surface area contributed by atoms with Gasteiger partial charge in [0.2, 0.25) is 0 Å². The van der Waals surface area contributed by atoms with Crippen molar-refractivity contribution < 1.29 is 18.7 Å². The van der Waals surface area contributed by atoms with Crippen LogP contribution in [-0.2, 0) is 12.8 Å². The molecule has 0 aliphatic rings. The molecular weight excluding hydrogens is 302 g/mol. The summed E-state index contributed by atoms with van der Waals surface area (Å²) in [7, 11) is 0. The van der Waals surface area contributed by atoms with Crippen molar-refractivity contribution in [1.82, 2.24) is 9.38 Å². The fourth-order valence-electron chi connectivity index (χ4n) is 2.70. The Morgan fingerprint density at radius 3 is 2.74 bits per heavy atom. The van der Waals surface area contributed by atoms with Crippen LogP contribution in [0.25, 0.3) is 5.65 Å². The number of carboxylic acids is 1. The van der Waals surface area contributed by atoms with Crippen LogP contribution in [0.4, 0.5) is 8.78 Å². The first-order chi connectivity index (χ1) is 11.0. The van der Waals surface area contributed by atoms with Crippen molar-refractivity contribution in [3.8, 4) is 0 Å². The van der Waals surface area contributed by atoms with Gasteiger partial charge in [0.15, 0.2) is 11.6 Å². The lowest BCUT2D eigenvalue weighted by Crippen LogP contribution is -2.10. The molecular formula is C17H14F2N2O2. The number of aromatic carboxylic acids is 1. The van der Waals surface area contributed by atoms with Crippen LogP contribution in [0.15, 0.2) is 36.7 Å². The Bertz CT molecular complexity index is 880. The molecule has 2 aromatic heterocycles. The van der Waals surface area contributed by atoms with E-state index in [0.717, 1.165) is 6.07 Å². The molecule has 0 aliphatic carbocycles. The van der Waals surface area contributed by atoms with Gasteiger partial charge < -0.3 is 5.11 Å². The molecule has 3 aromatic rings. The first-order valence-electron chi connectivity index (χ1n) is 7.10. The summed E-state index contributed by atoms with van der Waals surface area (Å²) in [5.41, 5.74) is 2.17. The van der Waals surface area contributed by atoms with Gasteiger partial charge in [-0.05, 0) is 48.6 Å². The van der Waals surface area contributed by atoms with Crippen molar-refractivity contribution in [2.24, 2.45) is 0 Å². The molecule has 0 bridgehead atoms. The highest BCUT2D eigenvalue weighted by Gasteiger charge is 2.15. The summed E-state index contributed by atoms with van der Waals surface area (Å²) in [4.78, 5) is 15.6. The van der Waals surface area contributed by atoms with E-state index in [2.05, 4.69) is 4.98 Å². The van der Waals surface area contributed by atoms with Crippen molar-refractivity contribution in [1.29, 1.82) is 0 Å². The predicted octanol–water partition coefficient (Wildman–Crippen LogP) is 3.40. The minimum absolute atomic E-state index is 0.138. The number of carbonyl (C=O) groups is 1. The Labute approximate surface area is 131 Å². The Balaban J connectivity index is 1.93. The Morgan fingerprint density at radius 1 is 1.26 bits per heavy atom. The molecule has 6 heteroatoms. The number of benzene rings is 1. The van der Waals surface area contributed by atoms with Crippen LogP contribution in [0.1, 0.15) is 27.2 Å². The highest BCUT2D eigenvalue weighted by atomic mass is 19.2. The number of halogens is 2. The summed E-state index contributed by atoms with van der Waals surface area (Å²) in [6.07, 6.45) is 3.94. The molecule has 4 nitrogen and oxygen atoms in total. The number of aryl methyl sites for hydroxylation is 3. The van der Waals surface area contributed by atoms with Crippen LogP contribution in [0, 0.1) is 18.6 Å². The first-order valence-corrected chi connectivity index (χ1v) is 7.10. The topological polar surface area (TPSA) is 54.6 Å². The average molecular weight is 316 g/mol. The molecule has 23 heavy (non-hydrogen) atoms. The first kappa shape index (κ1) is 15.1. The number of hydrogen-bond acceptors (Lipinski definition) is 2. The predicted molar refractivity (Wildman–Crippen MR) is 80.7 cm³/mol. The van der Waals surface area contributed by atoms with E-state index in [1.54, 1.807) is 24.4 Å². The van der Waals surface area contributed by atoms with Crippen molar-refractivity contribution in [2.45, 2.75) is 19.8 Å². The van der Waals surface area contributed by atoms with Crippen molar-refractivity contribution in [3.05, 3.63) is 70.7 Å². The largest absolute Gasteiger partial charge is 0.477 e. The Morgan fingerprint density at radius 2 is 2.04 bits per heavy atom. The second kappa shape index (κ2) is 5.79. The molecule has 0 saturated heterocycles. The second-order valence-corrected chi connectivity index (χ2v) is 5.38. The van der Waals surface area contributed by atoms with Crippen LogP contribution in [0.3, 0.4) is 0 Å². The third-order valence-corrected chi connectivity index (χ3v) is 3.80. The van der Waals surface area contributed by atoms with Crippen molar-refractivity contribution in [3.63, 3.8) is 0 Å². The number of rotatable bonds is 4. The summed E-state index contributed by atoms with van der Waals surface area (Å²) in [5.74, 6) is -2.78. The van der Waals surface area contributed by atoms with Gasteiger partial charge in [-0.1, -0.05) is 12.1 Å². The third kappa shape index (κ3) is 2.79. The van der Waals surface area contributed by atoms with Gasteiger partial charge >= 0.3 is 5.97 Å². The van der Waals surface area contributed by atoms with Gasteiger partial charge in [0, 0.05) is 12.4 Å². The van der Waals surface area contributed by atoms with Crippen molar-refractivity contribution in [2.75, 3.05) is 0 Å². The normalized spacial score (nSPS) is 11.1. The van der Waals surface area contributed by atoms with Crippen molar-refractivity contribution >= 4 is 11.6 Å². The van der Waals surface area contributed by atoms with E-state index < -0.39 is 17.6 Å². The van der Waals surface area contributed by atoms with Gasteiger partial charge in [-0.3, -0.25) is 4.40 Å². The Kier molecular flexibility index (Phi) is 3.82. The maximum Gasteiger partial charge on any atom is 0.353 e. The van der Waals surface area contributed by atoms with E-state index in [0.29, 0.717) is 29.6 Å². The lowest BCUT2D eigenvalue weighted by molar-refractivity contribution is 0.0687. The van der Waals surface area contributed by atoms with E-state index in [-0.39, 0.29) is 11.3 Å². The SMILES string of the molecule is Cc1cc(CCc2ccc3nccn3c2C(=O)O)cc(F)c1F. The van der Waals surface area contributed by atoms with E-state index >= 15 is 0 Å². The van der Waals surface area contributed by atoms with Gasteiger partial charge in [-0.25, -0.2) is 18.6 Å². The van der Waals surface area contributed by atoms with Crippen LogP contribution < -0.4 is 0 Å². The third-order valence-electron chi connectivity index (χ3n) is 3.80. The summed E-state index contributed by atoms with van der Waals surface area (Å²) in [6, 6.07) is 6.17. The molecule has 2 heterocycles. The molecule has 0 atom stereocenters.